The smallest absolute Gasteiger partial charge is 0.301 e. The van der Waals surface area contributed by atoms with E-state index in [1.54, 1.807) is 55.5 Å². The molecule has 5 rings (SSSR count). The Kier molecular flexibility index (Phi) is 6.78. The Morgan fingerprint density at radius 3 is 2.46 bits per heavy atom. The van der Waals surface area contributed by atoms with Gasteiger partial charge in [0.2, 0.25) is 5.13 Å². The molecule has 1 N–H and O–H groups in total. The molecule has 0 saturated carbocycles. The molecule has 1 aliphatic heterocycles. The monoisotopic (exact) mass is 531 g/mol. The van der Waals surface area contributed by atoms with Crippen LogP contribution >= 0.6 is 22.9 Å². The van der Waals surface area contributed by atoms with Crippen LogP contribution in [-0.4, -0.2) is 27.0 Å². The van der Waals surface area contributed by atoms with E-state index in [1.165, 1.54) is 16.2 Å². The van der Waals surface area contributed by atoms with Gasteiger partial charge in [0, 0.05) is 10.6 Å². The SMILES string of the molecule is Cc1cccc(COc2ccc(C(O)=C3C(=O)C(=O)N(c4nnc(C)s4)[C@H]3c3cccc(Cl)c3)cc2)c1. The van der Waals surface area contributed by atoms with E-state index in [4.69, 9.17) is 16.3 Å². The minimum atomic E-state index is -0.914. The molecule has 1 saturated heterocycles. The van der Waals surface area contributed by atoms with Gasteiger partial charge in [-0.15, -0.1) is 10.2 Å². The fourth-order valence-electron chi connectivity index (χ4n) is 4.24. The molecule has 9 heteroatoms. The van der Waals surface area contributed by atoms with Gasteiger partial charge < -0.3 is 9.84 Å². The molecule has 3 aromatic carbocycles. The van der Waals surface area contributed by atoms with Crippen molar-refractivity contribution in [3.63, 3.8) is 0 Å². The van der Waals surface area contributed by atoms with Gasteiger partial charge in [0.15, 0.2) is 0 Å². The van der Waals surface area contributed by atoms with Gasteiger partial charge in [-0.1, -0.05) is 64.9 Å². The zero-order valence-electron chi connectivity index (χ0n) is 20.0. The number of aliphatic hydroxyl groups is 1. The lowest BCUT2D eigenvalue weighted by Crippen LogP contribution is -2.29. The molecule has 1 amide bonds. The Labute approximate surface area is 222 Å². The fraction of sp³-hybridized carbons (Fsp3) is 0.143. The minimum Gasteiger partial charge on any atom is -0.507 e. The van der Waals surface area contributed by atoms with Crippen molar-refractivity contribution in [2.45, 2.75) is 26.5 Å². The topological polar surface area (TPSA) is 92.6 Å². The highest BCUT2D eigenvalue weighted by molar-refractivity contribution is 7.15. The van der Waals surface area contributed by atoms with Crippen molar-refractivity contribution in [3.8, 4) is 5.75 Å². The summed E-state index contributed by atoms with van der Waals surface area (Å²) in [6.07, 6.45) is 0. The standard InChI is InChI=1S/C28H22ClN3O4S/c1-16-5-3-6-18(13-16)15-36-22-11-9-19(10-12-22)25(33)23-24(20-7-4-8-21(29)14-20)32(27(35)26(23)34)28-31-30-17(2)37-28/h3-14,24,33H,15H2,1-2H3/t24-/m0/s1. The van der Waals surface area contributed by atoms with Crippen molar-refractivity contribution in [1.29, 1.82) is 0 Å². The zero-order valence-corrected chi connectivity index (χ0v) is 21.6. The number of carbonyl (C=O) groups excluding carboxylic acids is 2. The first-order chi connectivity index (χ1) is 17.8. The Hall–Kier alpha value is -4.01. The van der Waals surface area contributed by atoms with E-state index in [-0.39, 0.29) is 16.5 Å². The predicted octanol–water partition coefficient (Wildman–Crippen LogP) is 6.01. The summed E-state index contributed by atoms with van der Waals surface area (Å²) >= 11 is 7.42. The number of ether oxygens (including phenoxy) is 1. The maximum Gasteiger partial charge on any atom is 0.301 e. The molecule has 0 spiro atoms. The van der Waals surface area contributed by atoms with Crippen LogP contribution in [0.25, 0.3) is 5.76 Å². The lowest BCUT2D eigenvalue weighted by atomic mass is 9.95. The highest BCUT2D eigenvalue weighted by Gasteiger charge is 2.48. The lowest BCUT2D eigenvalue weighted by Gasteiger charge is -2.22. The van der Waals surface area contributed by atoms with Gasteiger partial charge in [-0.2, -0.15) is 0 Å². The summed E-state index contributed by atoms with van der Waals surface area (Å²) in [5.41, 5.74) is 3.09. The molecule has 186 valence electrons. The maximum atomic E-state index is 13.2. The van der Waals surface area contributed by atoms with Crippen molar-refractivity contribution in [2.24, 2.45) is 0 Å². The number of amides is 1. The van der Waals surface area contributed by atoms with E-state index >= 15 is 0 Å². The van der Waals surface area contributed by atoms with Crippen LogP contribution in [0.2, 0.25) is 5.02 Å². The van der Waals surface area contributed by atoms with E-state index in [2.05, 4.69) is 16.3 Å². The highest BCUT2D eigenvalue weighted by atomic mass is 35.5. The number of rotatable bonds is 6. The number of carbonyl (C=O) groups is 2. The second-order valence-electron chi connectivity index (χ2n) is 8.63. The summed E-state index contributed by atoms with van der Waals surface area (Å²) in [6.45, 7) is 4.18. The molecule has 1 fully saturated rings. The van der Waals surface area contributed by atoms with Gasteiger partial charge in [-0.05, 0) is 61.4 Å². The van der Waals surface area contributed by atoms with E-state index in [1.807, 2.05) is 25.1 Å². The third-order valence-electron chi connectivity index (χ3n) is 5.95. The molecule has 1 aliphatic rings. The molecule has 1 atom stereocenters. The molecule has 0 aliphatic carbocycles. The van der Waals surface area contributed by atoms with Crippen LogP contribution in [0.3, 0.4) is 0 Å². The van der Waals surface area contributed by atoms with Gasteiger partial charge in [0.25, 0.3) is 5.78 Å². The Bertz CT molecular complexity index is 1530. The number of hydrogen-bond donors (Lipinski definition) is 1. The highest BCUT2D eigenvalue weighted by Crippen LogP contribution is 2.43. The maximum absolute atomic E-state index is 13.2. The quantitative estimate of drug-likeness (QED) is 0.186. The Morgan fingerprint density at radius 2 is 1.78 bits per heavy atom. The fourth-order valence-corrected chi connectivity index (χ4v) is 5.15. The van der Waals surface area contributed by atoms with Gasteiger partial charge >= 0.3 is 5.91 Å². The van der Waals surface area contributed by atoms with Crippen molar-refractivity contribution >= 4 is 45.5 Å². The Morgan fingerprint density at radius 1 is 1.03 bits per heavy atom. The number of anilines is 1. The van der Waals surface area contributed by atoms with Crippen molar-refractivity contribution < 1.29 is 19.4 Å². The zero-order chi connectivity index (χ0) is 26.1. The summed E-state index contributed by atoms with van der Waals surface area (Å²) in [4.78, 5) is 27.6. The summed E-state index contributed by atoms with van der Waals surface area (Å²) in [7, 11) is 0. The first-order valence-corrected chi connectivity index (χ1v) is 12.7. The number of hydrogen-bond acceptors (Lipinski definition) is 7. The minimum absolute atomic E-state index is 0.0476. The van der Waals surface area contributed by atoms with Crippen molar-refractivity contribution in [3.05, 3.63) is 111 Å². The van der Waals surface area contributed by atoms with Crippen LogP contribution in [-0.2, 0) is 16.2 Å². The summed E-state index contributed by atoms with van der Waals surface area (Å²) in [6, 6.07) is 20.7. The number of halogens is 1. The number of ketones is 1. The average Bonchev–Trinajstić information content (AvgIpc) is 3.43. The summed E-state index contributed by atoms with van der Waals surface area (Å²) in [5.74, 6) is -1.29. The van der Waals surface area contributed by atoms with Crippen LogP contribution in [0.5, 0.6) is 5.75 Å². The number of aliphatic hydroxyl groups excluding tert-OH is 1. The summed E-state index contributed by atoms with van der Waals surface area (Å²) in [5, 5.41) is 20.7. The second kappa shape index (κ2) is 10.2. The number of aromatic nitrogens is 2. The third-order valence-corrected chi connectivity index (χ3v) is 7.02. The largest absolute Gasteiger partial charge is 0.507 e. The molecule has 37 heavy (non-hydrogen) atoms. The number of Topliss-reactive ketones (excluding diaryl/α,β-unsaturated/α-hetero) is 1. The number of aryl methyl sites for hydroxylation is 2. The second-order valence-corrected chi connectivity index (χ2v) is 10.2. The van der Waals surface area contributed by atoms with Crippen LogP contribution < -0.4 is 9.64 Å². The first-order valence-electron chi connectivity index (χ1n) is 11.5. The summed E-state index contributed by atoms with van der Waals surface area (Å²) < 4.78 is 5.87. The average molecular weight is 532 g/mol. The lowest BCUT2D eigenvalue weighted by molar-refractivity contribution is -0.132. The number of benzene rings is 3. The van der Waals surface area contributed by atoms with Crippen molar-refractivity contribution in [2.75, 3.05) is 4.90 Å². The molecule has 0 unspecified atom stereocenters. The van der Waals surface area contributed by atoms with Gasteiger partial charge in [-0.25, -0.2) is 0 Å². The first kappa shape index (κ1) is 24.7. The molecule has 2 heterocycles. The normalized spacial score (nSPS) is 16.8. The van der Waals surface area contributed by atoms with Gasteiger partial charge in [0.05, 0.1) is 11.6 Å². The Balaban J connectivity index is 1.50. The van der Waals surface area contributed by atoms with Crippen LogP contribution in [0.4, 0.5) is 5.13 Å². The molecule has 4 aromatic rings. The van der Waals surface area contributed by atoms with E-state index < -0.39 is 17.7 Å². The van der Waals surface area contributed by atoms with Crippen LogP contribution in [0.1, 0.15) is 33.3 Å². The van der Waals surface area contributed by atoms with Crippen LogP contribution in [0.15, 0.2) is 78.4 Å². The van der Waals surface area contributed by atoms with E-state index in [0.29, 0.717) is 33.5 Å². The van der Waals surface area contributed by atoms with Crippen LogP contribution in [0, 0.1) is 13.8 Å². The molecule has 0 radical (unpaired) electrons. The third kappa shape index (κ3) is 4.98. The number of nitrogens with zero attached hydrogens (tertiary/aromatic N) is 3. The molecular formula is C28H22ClN3O4S. The van der Waals surface area contributed by atoms with E-state index in [0.717, 1.165) is 11.1 Å². The molecule has 7 nitrogen and oxygen atoms in total. The van der Waals surface area contributed by atoms with Gasteiger partial charge in [-0.3, -0.25) is 14.5 Å². The van der Waals surface area contributed by atoms with Crippen molar-refractivity contribution in [1.82, 2.24) is 10.2 Å². The molecular weight excluding hydrogens is 510 g/mol. The molecule has 0 bridgehead atoms. The van der Waals surface area contributed by atoms with E-state index in [9.17, 15) is 14.7 Å². The predicted molar refractivity (Wildman–Crippen MR) is 143 cm³/mol. The van der Waals surface area contributed by atoms with Gasteiger partial charge in [0.1, 0.15) is 23.1 Å². The molecule has 1 aromatic heterocycles.